The summed E-state index contributed by atoms with van der Waals surface area (Å²) in [4.78, 5) is 0. The average molecular weight is 218 g/mol. The molecule has 1 N–H and O–H groups in total. The standard InChI is InChI=1S/C15H22O/c1-6-15(5,16)11-9-13-12(2)8-7-10-14(13,3)4/h1,8-9,16H,7,10-11H2,2-5H3. The van der Waals surface area contributed by atoms with Crippen molar-refractivity contribution in [1.29, 1.82) is 0 Å². The van der Waals surface area contributed by atoms with Crippen LogP contribution in [0.15, 0.2) is 23.3 Å². The Labute approximate surface area is 99.3 Å². The lowest BCUT2D eigenvalue weighted by Crippen LogP contribution is -2.23. The maximum Gasteiger partial charge on any atom is 0.125 e. The summed E-state index contributed by atoms with van der Waals surface area (Å²) >= 11 is 0. The highest BCUT2D eigenvalue weighted by Gasteiger charge is 2.27. The first kappa shape index (κ1) is 13.1. The molecule has 1 nitrogen and oxygen atoms in total. The second-order valence-electron chi connectivity index (χ2n) is 5.55. The van der Waals surface area contributed by atoms with Gasteiger partial charge in [-0.1, -0.05) is 37.5 Å². The second kappa shape index (κ2) is 4.47. The summed E-state index contributed by atoms with van der Waals surface area (Å²) in [5.74, 6) is 2.41. The van der Waals surface area contributed by atoms with Gasteiger partial charge in [-0.05, 0) is 37.7 Å². The molecule has 0 aromatic heterocycles. The summed E-state index contributed by atoms with van der Waals surface area (Å²) in [7, 11) is 0. The first-order valence-electron chi connectivity index (χ1n) is 5.86. The maximum absolute atomic E-state index is 9.81. The molecule has 0 aliphatic heterocycles. The molecule has 0 saturated carbocycles. The maximum atomic E-state index is 9.81. The minimum atomic E-state index is -1.03. The molecule has 0 heterocycles. The molecule has 0 bridgehead atoms. The van der Waals surface area contributed by atoms with Crippen LogP contribution < -0.4 is 0 Å². The number of aliphatic hydroxyl groups is 1. The Morgan fingerprint density at radius 1 is 1.62 bits per heavy atom. The molecule has 88 valence electrons. The van der Waals surface area contributed by atoms with Gasteiger partial charge in [-0.3, -0.25) is 0 Å². The third kappa shape index (κ3) is 3.00. The van der Waals surface area contributed by atoms with E-state index in [0.29, 0.717) is 6.42 Å². The third-order valence-electron chi connectivity index (χ3n) is 3.39. The van der Waals surface area contributed by atoms with E-state index in [1.165, 1.54) is 11.1 Å². The summed E-state index contributed by atoms with van der Waals surface area (Å²) in [6.45, 7) is 8.32. The quantitative estimate of drug-likeness (QED) is 0.704. The van der Waals surface area contributed by atoms with Crippen molar-refractivity contribution >= 4 is 0 Å². The predicted molar refractivity (Wildman–Crippen MR) is 68.9 cm³/mol. The summed E-state index contributed by atoms with van der Waals surface area (Å²) in [6.07, 6.45) is 12.5. The second-order valence-corrected chi connectivity index (χ2v) is 5.55. The number of hydrogen-bond acceptors (Lipinski definition) is 1. The molecule has 0 fully saturated rings. The lowest BCUT2D eigenvalue weighted by molar-refractivity contribution is 0.125. The Kier molecular flexibility index (Phi) is 3.65. The minimum absolute atomic E-state index is 0.198. The van der Waals surface area contributed by atoms with Crippen LogP contribution in [0.4, 0.5) is 0 Å². The molecule has 1 atom stereocenters. The van der Waals surface area contributed by atoms with Crippen LogP contribution in [-0.2, 0) is 0 Å². The minimum Gasteiger partial charge on any atom is -0.378 e. The number of hydrogen-bond donors (Lipinski definition) is 1. The van der Waals surface area contributed by atoms with Crippen molar-refractivity contribution in [1.82, 2.24) is 0 Å². The van der Waals surface area contributed by atoms with Crippen molar-refractivity contribution in [2.45, 2.75) is 52.6 Å². The van der Waals surface area contributed by atoms with Crippen LogP contribution in [0.5, 0.6) is 0 Å². The third-order valence-corrected chi connectivity index (χ3v) is 3.39. The van der Waals surface area contributed by atoms with E-state index in [4.69, 9.17) is 6.42 Å². The van der Waals surface area contributed by atoms with Crippen LogP contribution in [0.2, 0.25) is 0 Å². The molecule has 1 unspecified atom stereocenters. The van der Waals surface area contributed by atoms with Gasteiger partial charge in [-0.25, -0.2) is 0 Å². The first-order chi connectivity index (χ1) is 7.28. The van der Waals surface area contributed by atoms with Crippen LogP contribution >= 0.6 is 0 Å². The van der Waals surface area contributed by atoms with E-state index in [0.717, 1.165) is 12.8 Å². The molecule has 16 heavy (non-hydrogen) atoms. The largest absolute Gasteiger partial charge is 0.378 e. The molecule has 0 aromatic carbocycles. The van der Waals surface area contributed by atoms with Gasteiger partial charge >= 0.3 is 0 Å². The normalized spacial score (nSPS) is 25.8. The Hall–Kier alpha value is -1.00. The predicted octanol–water partition coefficient (Wildman–Crippen LogP) is 3.45. The number of rotatable bonds is 2. The van der Waals surface area contributed by atoms with Gasteiger partial charge in [0.1, 0.15) is 5.60 Å². The van der Waals surface area contributed by atoms with Crippen molar-refractivity contribution in [3.63, 3.8) is 0 Å². The molecule has 1 aliphatic carbocycles. The zero-order valence-corrected chi connectivity index (χ0v) is 10.8. The van der Waals surface area contributed by atoms with Gasteiger partial charge in [0.25, 0.3) is 0 Å². The monoisotopic (exact) mass is 218 g/mol. The SMILES string of the molecule is C#CC(C)(O)CC=C1C(C)=CCCC1(C)C. The highest BCUT2D eigenvalue weighted by Crippen LogP contribution is 2.40. The van der Waals surface area contributed by atoms with Gasteiger partial charge in [-0.15, -0.1) is 6.42 Å². The van der Waals surface area contributed by atoms with E-state index in [-0.39, 0.29) is 5.41 Å². The van der Waals surface area contributed by atoms with Crippen molar-refractivity contribution in [3.8, 4) is 12.3 Å². The molecule has 1 rings (SSSR count). The molecule has 1 heteroatoms. The van der Waals surface area contributed by atoms with Crippen molar-refractivity contribution in [3.05, 3.63) is 23.3 Å². The molecule has 0 saturated heterocycles. The molecule has 0 amide bonds. The summed E-state index contributed by atoms with van der Waals surface area (Å²) in [5.41, 5.74) is 1.82. The number of allylic oxidation sites excluding steroid dienone is 3. The lowest BCUT2D eigenvalue weighted by atomic mass is 9.72. The fourth-order valence-corrected chi connectivity index (χ4v) is 2.22. The van der Waals surface area contributed by atoms with E-state index >= 15 is 0 Å². The van der Waals surface area contributed by atoms with Gasteiger partial charge < -0.3 is 5.11 Å². The van der Waals surface area contributed by atoms with E-state index in [2.05, 4.69) is 38.8 Å². The topological polar surface area (TPSA) is 20.2 Å². The van der Waals surface area contributed by atoms with Crippen molar-refractivity contribution in [2.75, 3.05) is 0 Å². The van der Waals surface area contributed by atoms with Crippen LogP contribution in [0.25, 0.3) is 0 Å². The number of terminal acetylenes is 1. The van der Waals surface area contributed by atoms with E-state index in [1.807, 2.05) is 0 Å². The van der Waals surface area contributed by atoms with Crippen LogP contribution in [0.1, 0.15) is 47.0 Å². The van der Waals surface area contributed by atoms with Crippen LogP contribution in [0, 0.1) is 17.8 Å². The van der Waals surface area contributed by atoms with Crippen LogP contribution in [-0.4, -0.2) is 10.7 Å². The molecule has 0 aromatic rings. The Balaban J connectivity index is 2.93. The van der Waals surface area contributed by atoms with Crippen molar-refractivity contribution in [2.24, 2.45) is 5.41 Å². The summed E-state index contributed by atoms with van der Waals surface area (Å²) in [6, 6.07) is 0. The molecule has 0 spiro atoms. The van der Waals surface area contributed by atoms with Gasteiger partial charge in [0, 0.05) is 6.42 Å². The fourth-order valence-electron chi connectivity index (χ4n) is 2.22. The van der Waals surface area contributed by atoms with E-state index in [1.54, 1.807) is 6.92 Å². The van der Waals surface area contributed by atoms with Gasteiger partial charge in [0.2, 0.25) is 0 Å². The van der Waals surface area contributed by atoms with Gasteiger partial charge in [0.05, 0.1) is 0 Å². The Morgan fingerprint density at radius 2 is 2.25 bits per heavy atom. The van der Waals surface area contributed by atoms with E-state index in [9.17, 15) is 5.11 Å². The molecule has 0 radical (unpaired) electrons. The van der Waals surface area contributed by atoms with Crippen LogP contribution in [0.3, 0.4) is 0 Å². The van der Waals surface area contributed by atoms with E-state index < -0.39 is 5.60 Å². The smallest absolute Gasteiger partial charge is 0.125 e. The average Bonchev–Trinajstić information content (AvgIpc) is 2.16. The summed E-state index contributed by atoms with van der Waals surface area (Å²) < 4.78 is 0. The zero-order valence-electron chi connectivity index (χ0n) is 10.8. The molecular weight excluding hydrogens is 196 g/mol. The van der Waals surface area contributed by atoms with Gasteiger partial charge in [0.15, 0.2) is 0 Å². The first-order valence-corrected chi connectivity index (χ1v) is 5.86. The van der Waals surface area contributed by atoms with Crippen molar-refractivity contribution < 1.29 is 5.11 Å². The molecular formula is C15H22O. The molecule has 1 aliphatic rings. The Bertz CT molecular complexity index is 361. The Morgan fingerprint density at radius 3 is 2.75 bits per heavy atom. The highest BCUT2D eigenvalue weighted by molar-refractivity contribution is 5.37. The zero-order chi connectivity index (χ0) is 12.4. The fraction of sp³-hybridized carbons (Fsp3) is 0.600. The highest BCUT2D eigenvalue weighted by atomic mass is 16.3. The lowest BCUT2D eigenvalue weighted by Gasteiger charge is -2.33. The summed E-state index contributed by atoms with van der Waals surface area (Å²) in [5, 5.41) is 9.81. The van der Waals surface area contributed by atoms with Gasteiger partial charge in [-0.2, -0.15) is 0 Å².